The van der Waals surface area contributed by atoms with Crippen LogP contribution in [0.3, 0.4) is 0 Å². The Balaban J connectivity index is 1.81. The minimum absolute atomic E-state index is 0.0270. The fourth-order valence-corrected chi connectivity index (χ4v) is 2.23. The maximum Gasteiger partial charge on any atom is 0.257 e. The van der Waals surface area contributed by atoms with Crippen LogP contribution < -0.4 is 21.1 Å². The molecule has 0 saturated carbocycles. The van der Waals surface area contributed by atoms with Crippen molar-refractivity contribution in [3.8, 4) is 5.75 Å². The molecule has 0 aliphatic rings. The number of amides is 2. The van der Waals surface area contributed by atoms with Crippen LogP contribution in [-0.4, -0.2) is 25.0 Å². The molecule has 2 rings (SSSR count). The molecule has 0 aliphatic carbocycles. The Hall–Kier alpha value is -3.02. The molecule has 2 aromatic rings. The lowest BCUT2D eigenvalue weighted by Crippen LogP contribution is -2.28. The van der Waals surface area contributed by atoms with Gasteiger partial charge in [-0.25, -0.2) is 0 Å². The number of nitrogens with one attached hydrogen (secondary N) is 2. The van der Waals surface area contributed by atoms with Crippen LogP contribution in [0, 0.1) is 0 Å². The Labute approximate surface area is 147 Å². The van der Waals surface area contributed by atoms with Gasteiger partial charge in [-0.05, 0) is 42.3 Å². The van der Waals surface area contributed by atoms with E-state index in [4.69, 9.17) is 10.5 Å². The third-order valence-electron chi connectivity index (χ3n) is 3.48. The Bertz CT molecular complexity index is 714. The number of likely N-dealkylation sites (N-methyl/N-ethyl adjacent to an activating group) is 1. The minimum atomic E-state index is -0.162. The summed E-state index contributed by atoms with van der Waals surface area (Å²) in [6.45, 7) is 2.79. The van der Waals surface area contributed by atoms with Crippen molar-refractivity contribution in [1.29, 1.82) is 0 Å². The third-order valence-corrected chi connectivity index (χ3v) is 3.48. The summed E-state index contributed by atoms with van der Waals surface area (Å²) in [5, 5.41) is 5.54. The second kappa shape index (κ2) is 9.32. The van der Waals surface area contributed by atoms with Crippen molar-refractivity contribution >= 4 is 17.5 Å². The molecule has 0 atom stereocenters. The van der Waals surface area contributed by atoms with Crippen LogP contribution >= 0.6 is 0 Å². The largest absolute Gasteiger partial charge is 0.484 e. The SMILES string of the molecule is CCNC(=O)COc1cccc(CNC(=O)Cc2ccc(N)cc2)c1. The maximum absolute atomic E-state index is 12.0. The van der Waals surface area contributed by atoms with Crippen molar-refractivity contribution in [2.45, 2.75) is 19.9 Å². The lowest BCUT2D eigenvalue weighted by molar-refractivity contribution is -0.123. The van der Waals surface area contributed by atoms with E-state index in [0.29, 0.717) is 30.9 Å². The van der Waals surface area contributed by atoms with Gasteiger partial charge in [-0.3, -0.25) is 9.59 Å². The highest BCUT2D eigenvalue weighted by atomic mass is 16.5. The van der Waals surface area contributed by atoms with E-state index in [2.05, 4.69) is 10.6 Å². The van der Waals surface area contributed by atoms with Crippen molar-refractivity contribution < 1.29 is 14.3 Å². The normalized spacial score (nSPS) is 10.1. The molecule has 0 saturated heterocycles. The molecule has 2 amide bonds. The van der Waals surface area contributed by atoms with Crippen molar-refractivity contribution in [1.82, 2.24) is 10.6 Å². The van der Waals surface area contributed by atoms with E-state index in [-0.39, 0.29) is 18.4 Å². The molecule has 0 bridgehead atoms. The summed E-state index contributed by atoms with van der Waals surface area (Å²) in [4.78, 5) is 23.4. The van der Waals surface area contributed by atoms with Crippen molar-refractivity contribution in [3.05, 3.63) is 59.7 Å². The lowest BCUT2D eigenvalue weighted by Gasteiger charge is -2.09. The number of nitrogens with two attached hydrogens (primary N) is 1. The molecule has 6 nitrogen and oxygen atoms in total. The van der Waals surface area contributed by atoms with Gasteiger partial charge < -0.3 is 21.1 Å². The number of hydrogen-bond acceptors (Lipinski definition) is 4. The highest BCUT2D eigenvalue weighted by Crippen LogP contribution is 2.13. The number of rotatable bonds is 8. The lowest BCUT2D eigenvalue weighted by atomic mass is 10.1. The van der Waals surface area contributed by atoms with Crippen LogP contribution in [-0.2, 0) is 22.6 Å². The average molecular weight is 341 g/mol. The zero-order valence-electron chi connectivity index (χ0n) is 14.2. The molecule has 2 aromatic carbocycles. The van der Waals surface area contributed by atoms with E-state index < -0.39 is 0 Å². The molecule has 0 aromatic heterocycles. The number of benzene rings is 2. The van der Waals surface area contributed by atoms with Crippen LogP contribution in [0.4, 0.5) is 5.69 Å². The Morgan fingerprint density at radius 2 is 1.76 bits per heavy atom. The van der Waals surface area contributed by atoms with Gasteiger partial charge in [0.15, 0.2) is 6.61 Å². The molecule has 0 unspecified atom stereocenters. The molecule has 0 fully saturated rings. The van der Waals surface area contributed by atoms with Crippen LogP contribution in [0.2, 0.25) is 0 Å². The van der Waals surface area contributed by atoms with Crippen LogP contribution in [0.5, 0.6) is 5.75 Å². The summed E-state index contributed by atoms with van der Waals surface area (Å²) in [5.74, 6) is 0.361. The van der Waals surface area contributed by atoms with Gasteiger partial charge in [0, 0.05) is 18.8 Å². The van der Waals surface area contributed by atoms with Crippen LogP contribution in [0.15, 0.2) is 48.5 Å². The van der Waals surface area contributed by atoms with E-state index >= 15 is 0 Å². The van der Waals surface area contributed by atoms with Gasteiger partial charge in [0.1, 0.15) is 5.75 Å². The summed E-state index contributed by atoms with van der Waals surface area (Å²) in [7, 11) is 0. The van der Waals surface area contributed by atoms with Crippen molar-refractivity contribution in [2.24, 2.45) is 0 Å². The second-order valence-corrected chi connectivity index (χ2v) is 5.58. The zero-order valence-corrected chi connectivity index (χ0v) is 14.2. The van der Waals surface area contributed by atoms with Crippen LogP contribution in [0.1, 0.15) is 18.1 Å². The van der Waals surface area contributed by atoms with Gasteiger partial charge in [-0.15, -0.1) is 0 Å². The summed E-state index contributed by atoms with van der Waals surface area (Å²) >= 11 is 0. The Morgan fingerprint density at radius 1 is 1.00 bits per heavy atom. The topological polar surface area (TPSA) is 93.5 Å². The van der Waals surface area contributed by atoms with Gasteiger partial charge in [-0.2, -0.15) is 0 Å². The highest BCUT2D eigenvalue weighted by Gasteiger charge is 2.05. The quantitative estimate of drug-likeness (QED) is 0.636. The first-order chi connectivity index (χ1) is 12.1. The van der Waals surface area contributed by atoms with E-state index in [1.807, 2.05) is 37.3 Å². The van der Waals surface area contributed by atoms with Crippen molar-refractivity contribution in [2.75, 3.05) is 18.9 Å². The molecule has 6 heteroatoms. The van der Waals surface area contributed by atoms with Gasteiger partial charge in [0.2, 0.25) is 5.91 Å². The Kier molecular flexibility index (Phi) is 6.83. The molecule has 0 aliphatic heterocycles. The summed E-state index contributed by atoms with van der Waals surface area (Å²) in [6.07, 6.45) is 0.299. The smallest absolute Gasteiger partial charge is 0.257 e. The zero-order chi connectivity index (χ0) is 18.1. The number of ether oxygens (including phenoxy) is 1. The molecule has 25 heavy (non-hydrogen) atoms. The molecular weight excluding hydrogens is 318 g/mol. The number of nitrogen functional groups attached to an aromatic ring is 1. The third kappa shape index (κ3) is 6.55. The van der Waals surface area contributed by atoms with Gasteiger partial charge >= 0.3 is 0 Å². The van der Waals surface area contributed by atoms with Gasteiger partial charge in [0.05, 0.1) is 6.42 Å². The predicted octanol–water partition coefficient (Wildman–Crippen LogP) is 1.64. The number of carbonyl (C=O) groups is 2. The van der Waals surface area contributed by atoms with E-state index in [0.717, 1.165) is 11.1 Å². The average Bonchev–Trinajstić information content (AvgIpc) is 2.61. The van der Waals surface area contributed by atoms with E-state index in [9.17, 15) is 9.59 Å². The second-order valence-electron chi connectivity index (χ2n) is 5.58. The van der Waals surface area contributed by atoms with Crippen LogP contribution in [0.25, 0.3) is 0 Å². The first-order valence-corrected chi connectivity index (χ1v) is 8.16. The standard InChI is InChI=1S/C19H23N3O3/c1-2-21-19(24)13-25-17-5-3-4-15(10-17)12-22-18(23)11-14-6-8-16(20)9-7-14/h3-10H,2,11-13,20H2,1H3,(H,21,24)(H,22,23). The van der Waals surface area contributed by atoms with E-state index in [1.54, 1.807) is 18.2 Å². The number of hydrogen-bond donors (Lipinski definition) is 3. The monoisotopic (exact) mass is 341 g/mol. The first kappa shape index (κ1) is 18.3. The van der Waals surface area contributed by atoms with Crippen molar-refractivity contribution in [3.63, 3.8) is 0 Å². The maximum atomic E-state index is 12.0. The molecule has 132 valence electrons. The number of carbonyl (C=O) groups excluding carboxylic acids is 2. The summed E-state index contributed by atoms with van der Waals surface area (Å²) < 4.78 is 5.44. The number of anilines is 1. The summed E-state index contributed by atoms with van der Waals surface area (Å²) in [5.41, 5.74) is 8.11. The molecule has 4 N–H and O–H groups in total. The van der Waals surface area contributed by atoms with Gasteiger partial charge in [0.25, 0.3) is 5.91 Å². The molecule has 0 heterocycles. The minimum Gasteiger partial charge on any atom is -0.484 e. The van der Waals surface area contributed by atoms with E-state index in [1.165, 1.54) is 0 Å². The Morgan fingerprint density at radius 3 is 2.48 bits per heavy atom. The summed E-state index contributed by atoms with van der Waals surface area (Å²) in [6, 6.07) is 14.5. The fourth-order valence-electron chi connectivity index (χ4n) is 2.23. The predicted molar refractivity (Wildman–Crippen MR) is 97.0 cm³/mol. The fraction of sp³-hybridized carbons (Fsp3) is 0.263. The molecule has 0 spiro atoms. The van der Waals surface area contributed by atoms with Gasteiger partial charge in [-0.1, -0.05) is 24.3 Å². The highest BCUT2D eigenvalue weighted by molar-refractivity contribution is 5.78. The first-order valence-electron chi connectivity index (χ1n) is 8.16. The molecule has 0 radical (unpaired) electrons. The molecular formula is C19H23N3O3.